The Kier molecular flexibility index (Phi) is 9.01. The Morgan fingerprint density at radius 3 is 2.05 bits per heavy atom. The second kappa shape index (κ2) is 11.7. The molecule has 0 bridgehead atoms. The molecule has 1 aliphatic heterocycles. The van der Waals surface area contributed by atoms with E-state index >= 15 is 0 Å². The molecule has 2 aliphatic rings. The van der Waals surface area contributed by atoms with E-state index in [1.54, 1.807) is 0 Å². The summed E-state index contributed by atoms with van der Waals surface area (Å²) in [7, 11) is 0. The fourth-order valence-corrected chi connectivity index (χ4v) is 6.86. The molecule has 2 unspecified atom stereocenters. The van der Waals surface area contributed by atoms with Gasteiger partial charge < -0.3 is 4.90 Å². The molecule has 1 nitrogen and oxygen atoms in total. The van der Waals surface area contributed by atoms with Crippen LogP contribution in [0.25, 0.3) is 5.57 Å². The van der Waals surface area contributed by atoms with Crippen LogP contribution in [0, 0.1) is 5.41 Å². The highest BCUT2D eigenvalue weighted by Gasteiger charge is 2.40. The summed E-state index contributed by atoms with van der Waals surface area (Å²) in [6.07, 6.45) is -4.70. The van der Waals surface area contributed by atoms with E-state index in [-0.39, 0.29) is 28.5 Å². The molecule has 1 fully saturated rings. The molecule has 1 aliphatic carbocycles. The molecular weight excluding hydrogens is 560 g/mol. The Balaban J connectivity index is 1.66. The van der Waals surface area contributed by atoms with Gasteiger partial charge in [0.05, 0.1) is 11.1 Å². The molecule has 7 heteroatoms. The number of rotatable bonds is 6. The van der Waals surface area contributed by atoms with Crippen molar-refractivity contribution in [1.82, 2.24) is 4.90 Å². The number of hydrogen-bond acceptors (Lipinski definition) is 1. The normalized spacial score (nSPS) is 21.6. The summed E-state index contributed by atoms with van der Waals surface area (Å²) in [5.41, 5.74) is 5.16. The van der Waals surface area contributed by atoms with E-state index in [1.807, 2.05) is 6.92 Å². The van der Waals surface area contributed by atoms with Crippen LogP contribution in [0.2, 0.25) is 0 Å². The van der Waals surface area contributed by atoms with Crippen molar-refractivity contribution in [3.8, 4) is 0 Å². The number of benzene rings is 2. The van der Waals surface area contributed by atoms with E-state index in [0.29, 0.717) is 13.0 Å². The molecule has 0 saturated carbocycles. The van der Waals surface area contributed by atoms with Gasteiger partial charge in [0, 0.05) is 24.2 Å². The highest BCUT2D eigenvalue weighted by atomic mass is 19.4. The summed E-state index contributed by atoms with van der Waals surface area (Å²) in [4.78, 5) is 2.09. The van der Waals surface area contributed by atoms with Gasteiger partial charge in [0.2, 0.25) is 0 Å². The van der Waals surface area contributed by atoms with Crippen LogP contribution in [0.15, 0.2) is 54.2 Å². The van der Waals surface area contributed by atoms with E-state index < -0.39 is 29.4 Å². The topological polar surface area (TPSA) is 3.24 Å². The standard InChI is InChI=1S/C36H45F6N/c1-9-24-10-11-27(33(4,5)6)20-32(24)30-12-14-34(7,8)21-25(30)13-15-43-22(2)16-31(23(43)3)26-17-28(35(37,38)39)19-29(18-26)36(40,41)42/h10-11,17-20,23,31H,2,9,12-16,21H2,1,3-8H3. The third-order valence-corrected chi connectivity index (χ3v) is 9.48. The van der Waals surface area contributed by atoms with Gasteiger partial charge in [-0.1, -0.05) is 71.9 Å². The summed E-state index contributed by atoms with van der Waals surface area (Å²) in [5, 5.41) is 0. The SMILES string of the molecule is C=C1CC(c2cc(C(F)(F)F)cc(C(F)(F)F)c2)C(C)N1CCC1=C(c2cc(C(C)(C)C)ccc2CC)CCC(C)(C)C1. The predicted molar refractivity (Wildman–Crippen MR) is 163 cm³/mol. The first-order valence-electron chi connectivity index (χ1n) is 15.3. The fraction of sp³-hybridized carbons (Fsp3) is 0.556. The molecule has 43 heavy (non-hydrogen) atoms. The summed E-state index contributed by atoms with van der Waals surface area (Å²) >= 11 is 0. The van der Waals surface area contributed by atoms with E-state index in [9.17, 15) is 26.3 Å². The van der Waals surface area contributed by atoms with E-state index in [2.05, 4.69) is 71.2 Å². The number of likely N-dealkylation sites (tertiary alicyclic amines) is 1. The number of halogens is 6. The number of nitrogens with zero attached hydrogens (tertiary/aromatic N) is 1. The lowest BCUT2D eigenvalue weighted by Gasteiger charge is -2.36. The number of allylic oxidation sites excluding steroid dienone is 2. The molecule has 0 amide bonds. The average molecular weight is 606 g/mol. The van der Waals surface area contributed by atoms with Crippen LogP contribution < -0.4 is 0 Å². The summed E-state index contributed by atoms with van der Waals surface area (Å²) < 4.78 is 81.5. The monoisotopic (exact) mass is 605 g/mol. The van der Waals surface area contributed by atoms with Gasteiger partial charge in [-0.05, 0) is 102 Å². The maximum atomic E-state index is 13.6. The van der Waals surface area contributed by atoms with Crippen molar-refractivity contribution in [2.45, 2.75) is 117 Å². The second-order valence-electron chi connectivity index (χ2n) is 14.3. The molecule has 2 atom stereocenters. The number of hydrogen-bond donors (Lipinski definition) is 0. The summed E-state index contributed by atoms with van der Waals surface area (Å²) in [6.45, 7) is 20.1. The van der Waals surface area contributed by atoms with Gasteiger partial charge in [0.1, 0.15) is 0 Å². The van der Waals surface area contributed by atoms with Crippen molar-refractivity contribution in [2.75, 3.05) is 6.54 Å². The molecule has 236 valence electrons. The van der Waals surface area contributed by atoms with Gasteiger partial charge in [-0.15, -0.1) is 0 Å². The van der Waals surface area contributed by atoms with Crippen LogP contribution in [-0.2, 0) is 24.2 Å². The third kappa shape index (κ3) is 7.34. The maximum absolute atomic E-state index is 13.6. The van der Waals surface area contributed by atoms with E-state index in [4.69, 9.17) is 0 Å². The highest BCUT2D eigenvalue weighted by Crippen LogP contribution is 2.47. The number of alkyl halides is 6. The van der Waals surface area contributed by atoms with Crippen molar-refractivity contribution in [1.29, 1.82) is 0 Å². The minimum Gasteiger partial charge on any atom is -0.372 e. The van der Waals surface area contributed by atoms with Crippen LogP contribution in [-0.4, -0.2) is 17.5 Å². The zero-order valence-corrected chi connectivity index (χ0v) is 26.5. The van der Waals surface area contributed by atoms with Crippen LogP contribution >= 0.6 is 0 Å². The van der Waals surface area contributed by atoms with Gasteiger partial charge in [-0.2, -0.15) is 26.3 Å². The van der Waals surface area contributed by atoms with Gasteiger partial charge in [-0.3, -0.25) is 0 Å². The van der Waals surface area contributed by atoms with Crippen LogP contribution in [0.5, 0.6) is 0 Å². The van der Waals surface area contributed by atoms with E-state index in [0.717, 1.165) is 49.9 Å². The maximum Gasteiger partial charge on any atom is 0.416 e. The molecule has 0 aromatic heterocycles. The van der Waals surface area contributed by atoms with Crippen molar-refractivity contribution in [2.24, 2.45) is 5.41 Å². The van der Waals surface area contributed by atoms with Gasteiger partial charge in [0.15, 0.2) is 0 Å². The van der Waals surface area contributed by atoms with Gasteiger partial charge >= 0.3 is 12.4 Å². The van der Waals surface area contributed by atoms with Crippen molar-refractivity contribution < 1.29 is 26.3 Å². The van der Waals surface area contributed by atoms with Crippen LogP contribution in [0.3, 0.4) is 0 Å². The summed E-state index contributed by atoms with van der Waals surface area (Å²) in [6, 6.07) is 8.51. The van der Waals surface area contributed by atoms with Crippen molar-refractivity contribution in [3.05, 3.63) is 87.6 Å². The molecule has 0 spiro atoms. The van der Waals surface area contributed by atoms with Crippen LogP contribution in [0.1, 0.15) is 120 Å². The zero-order valence-electron chi connectivity index (χ0n) is 26.5. The Hall–Kier alpha value is -2.70. The molecule has 1 saturated heterocycles. The third-order valence-electron chi connectivity index (χ3n) is 9.48. The molecule has 0 N–H and O–H groups in total. The fourth-order valence-electron chi connectivity index (χ4n) is 6.86. The lowest BCUT2D eigenvalue weighted by Crippen LogP contribution is -2.30. The lowest BCUT2D eigenvalue weighted by atomic mass is 9.71. The molecule has 2 aromatic carbocycles. The Morgan fingerprint density at radius 1 is 0.907 bits per heavy atom. The average Bonchev–Trinajstić information content (AvgIpc) is 3.17. The lowest BCUT2D eigenvalue weighted by molar-refractivity contribution is -0.143. The summed E-state index contributed by atoms with van der Waals surface area (Å²) in [5.74, 6) is -0.512. The molecule has 4 rings (SSSR count). The predicted octanol–water partition coefficient (Wildman–Crippen LogP) is 11.3. The second-order valence-corrected chi connectivity index (χ2v) is 14.3. The van der Waals surface area contributed by atoms with Gasteiger partial charge in [0.25, 0.3) is 0 Å². The first-order valence-corrected chi connectivity index (χ1v) is 15.3. The highest BCUT2D eigenvalue weighted by molar-refractivity contribution is 5.73. The molecular formula is C36H45F6N. The molecule has 0 radical (unpaired) electrons. The van der Waals surface area contributed by atoms with Crippen LogP contribution in [0.4, 0.5) is 26.3 Å². The minimum absolute atomic E-state index is 0.0167. The van der Waals surface area contributed by atoms with Crippen molar-refractivity contribution >= 4 is 5.57 Å². The van der Waals surface area contributed by atoms with Gasteiger partial charge in [-0.25, -0.2) is 0 Å². The Labute approximate surface area is 253 Å². The Morgan fingerprint density at radius 2 is 1.51 bits per heavy atom. The van der Waals surface area contributed by atoms with E-state index in [1.165, 1.54) is 27.8 Å². The van der Waals surface area contributed by atoms with Crippen molar-refractivity contribution in [3.63, 3.8) is 0 Å². The molecule has 1 heterocycles. The largest absolute Gasteiger partial charge is 0.416 e. The quantitative estimate of drug-likeness (QED) is 0.296. The first kappa shape index (κ1) is 33.2. The smallest absolute Gasteiger partial charge is 0.372 e. The minimum atomic E-state index is -4.87. The molecule has 2 aromatic rings. The first-order chi connectivity index (χ1) is 19.7. The zero-order chi connectivity index (χ0) is 32.1. The Bertz CT molecular complexity index is 1350. The number of aryl methyl sites for hydroxylation is 1.